The van der Waals surface area contributed by atoms with Crippen molar-refractivity contribution in [1.82, 2.24) is 0 Å². The highest BCUT2D eigenvalue weighted by Crippen LogP contribution is 2.30. The van der Waals surface area contributed by atoms with Crippen LogP contribution in [0.1, 0.15) is 10.4 Å². The molecular formula is C19H13IO. The first-order chi connectivity index (χ1) is 10.3. The van der Waals surface area contributed by atoms with Gasteiger partial charge in [-0.2, -0.15) is 0 Å². The molecule has 0 saturated carbocycles. The summed E-state index contributed by atoms with van der Waals surface area (Å²) in [6.45, 7) is 0. The zero-order valence-electron chi connectivity index (χ0n) is 11.3. The van der Waals surface area contributed by atoms with Gasteiger partial charge in [-0.1, -0.05) is 72.8 Å². The van der Waals surface area contributed by atoms with Crippen molar-refractivity contribution in [1.29, 1.82) is 0 Å². The summed E-state index contributed by atoms with van der Waals surface area (Å²) < 4.78 is 0.0595. The van der Waals surface area contributed by atoms with Gasteiger partial charge in [0, 0.05) is 28.2 Å². The monoisotopic (exact) mass is 384 g/mol. The Morgan fingerprint density at radius 3 is 1.81 bits per heavy atom. The number of halogens is 1. The molecule has 3 rings (SSSR count). The molecule has 1 nitrogen and oxygen atoms in total. The van der Waals surface area contributed by atoms with Crippen LogP contribution in [0.3, 0.4) is 0 Å². The van der Waals surface area contributed by atoms with E-state index in [1.54, 1.807) is 0 Å². The van der Waals surface area contributed by atoms with Gasteiger partial charge in [0.15, 0.2) is 0 Å². The summed E-state index contributed by atoms with van der Waals surface area (Å²) in [6.07, 6.45) is 0. The SMILES string of the molecule is O=C(I)c1cc(-c2ccccc2)ccc1-c1ccccc1. The lowest BCUT2D eigenvalue weighted by Crippen LogP contribution is -1.94. The molecule has 0 unspecified atom stereocenters. The van der Waals surface area contributed by atoms with Crippen LogP contribution < -0.4 is 0 Å². The zero-order chi connectivity index (χ0) is 14.7. The fourth-order valence-corrected chi connectivity index (χ4v) is 2.83. The van der Waals surface area contributed by atoms with E-state index in [4.69, 9.17) is 0 Å². The molecule has 0 N–H and O–H groups in total. The van der Waals surface area contributed by atoms with E-state index in [-0.39, 0.29) is 3.79 Å². The average molecular weight is 384 g/mol. The van der Waals surface area contributed by atoms with E-state index in [0.29, 0.717) is 0 Å². The fraction of sp³-hybridized carbons (Fsp3) is 0. The minimum absolute atomic E-state index is 0.0595. The predicted octanol–water partition coefficient (Wildman–Crippen LogP) is 5.60. The van der Waals surface area contributed by atoms with Crippen molar-refractivity contribution >= 4 is 26.4 Å². The molecule has 3 aromatic rings. The largest absolute Gasteiger partial charge is 0.282 e. The highest BCUT2D eigenvalue weighted by atomic mass is 127. The van der Waals surface area contributed by atoms with Crippen molar-refractivity contribution < 1.29 is 4.79 Å². The van der Waals surface area contributed by atoms with Crippen LogP contribution in [0, 0.1) is 0 Å². The second kappa shape index (κ2) is 6.22. The maximum atomic E-state index is 12.0. The Bertz CT molecular complexity index is 764. The van der Waals surface area contributed by atoms with Gasteiger partial charge >= 0.3 is 0 Å². The van der Waals surface area contributed by atoms with E-state index in [0.717, 1.165) is 27.8 Å². The standard InChI is InChI=1S/C19H13IO/c20-19(21)18-13-16(14-7-3-1-4-8-14)11-12-17(18)15-9-5-2-6-10-15/h1-13H. The van der Waals surface area contributed by atoms with E-state index < -0.39 is 0 Å². The highest BCUT2D eigenvalue weighted by Gasteiger charge is 2.11. The van der Waals surface area contributed by atoms with Gasteiger partial charge in [-0.3, -0.25) is 4.79 Å². The third kappa shape index (κ3) is 3.05. The van der Waals surface area contributed by atoms with E-state index in [1.807, 2.05) is 83.3 Å². The Balaban J connectivity index is 2.14. The van der Waals surface area contributed by atoms with Crippen LogP contribution in [0.5, 0.6) is 0 Å². The molecule has 0 radical (unpaired) electrons. The molecular weight excluding hydrogens is 371 g/mol. The number of benzene rings is 3. The van der Waals surface area contributed by atoms with Gasteiger partial charge in [0.2, 0.25) is 3.79 Å². The van der Waals surface area contributed by atoms with Crippen molar-refractivity contribution in [2.24, 2.45) is 0 Å². The van der Waals surface area contributed by atoms with Crippen LogP contribution >= 0.6 is 22.6 Å². The van der Waals surface area contributed by atoms with Gasteiger partial charge in [-0.15, -0.1) is 0 Å². The smallest absolute Gasteiger partial charge is 0.223 e. The molecule has 0 heterocycles. The number of rotatable bonds is 3. The second-order valence-corrected chi connectivity index (χ2v) is 5.75. The minimum atomic E-state index is 0.0595. The first-order valence-corrected chi connectivity index (χ1v) is 7.78. The van der Waals surface area contributed by atoms with Gasteiger partial charge in [0.05, 0.1) is 0 Å². The number of carbonyl (C=O) groups is 1. The average Bonchev–Trinajstić information content (AvgIpc) is 2.56. The second-order valence-electron chi connectivity index (χ2n) is 4.77. The van der Waals surface area contributed by atoms with E-state index in [2.05, 4.69) is 18.2 Å². The van der Waals surface area contributed by atoms with Crippen LogP contribution in [-0.4, -0.2) is 3.79 Å². The van der Waals surface area contributed by atoms with E-state index >= 15 is 0 Å². The normalized spacial score (nSPS) is 10.3. The Morgan fingerprint density at radius 2 is 1.24 bits per heavy atom. The highest BCUT2D eigenvalue weighted by molar-refractivity contribution is 14.1. The Morgan fingerprint density at radius 1 is 0.667 bits per heavy atom. The molecule has 0 spiro atoms. The summed E-state index contributed by atoms with van der Waals surface area (Å²) in [5.74, 6) is 0. The number of hydrogen-bond acceptors (Lipinski definition) is 1. The Kier molecular flexibility index (Phi) is 4.15. The van der Waals surface area contributed by atoms with E-state index in [9.17, 15) is 4.79 Å². The Labute approximate surface area is 137 Å². The third-order valence-corrected chi connectivity index (χ3v) is 4.00. The molecule has 0 bridgehead atoms. The first kappa shape index (κ1) is 14.0. The molecule has 21 heavy (non-hydrogen) atoms. The molecule has 0 saturated heterocycles. The van der Waals surface area contributed by atoms with Crippen molar-refractivity contribution in [3.8, 4) is 22.3 Å². The predicted molar refractivity (Wildman–Crippen MR) is 95.7 cm³/mol. The molecule has 0 amide bonds. The van der Waals surface area contributed by atoms with Gasteiger partial charge in [-0.05, 0) is 28.3 Å². The molecule has 0 aliphatic rings. The van der Waals surface area contributed by atoms with Crippen molar-refractivity contribution in [3.63, 3.8) is 0 Å². The van der Waals surface area contributed by atoms with Gasteiger partial charge in [0.25, 0.3) is 0 Å². The molecule has 102 valence electrons. The molecule has 0 atom stereocenters. The summed E-state index contributed by atoms with van der Waals surface area (Å²) in [5.41, 5.74) is 4.99. The summed E-state index contributed by atoms with van der Waals surface area (Å²) >= 11 is 1.86. The molecule has 0 aliphatic carbocycles. The van der Waals surface area contributed by atoms with Crippen LogP contribution in [0.25, 0.3) is 22.3 Å². The Hall–Kier alpha value is -1.94. The number of hydrogen-bond donors (Lipinski definition) is 0. The summed E-state index contributed by atoms with van der Waals surface area (Å²) in [6, 6.07) is 26.2. The van der Waals surface area contributed by atoms with Crippen LogP contribution in [0.4, 0.5) is 0 Å². The quantitative estimate of drug-likeness (QED) is 0.425. The van der Waals surface area contributed by atoms with Crippen LogP contribution in [0.2, 0.25) is 0 Å². The lowest BCUT2D eigenvalue weighted by molar-refractivity contribution is 0.110. The lowest BCUT2D eigenvalue weighted by atomic mass is 9.95. The van der Waals surface area contributed by atoms with Gasteiger partial charge in [-0.25, -0.2) is 0 Å². The van der Waals surface area contributed by atoms with Crippen LogP contribution in [-0.2, 0) is 0 Å². The molecule has 3 aromatic carbocycles. The van der Waals surface area contributed by atoms with Crippen molar-refractivity contribution in [2.45, 2.75) is 0 Å². The third-order valence-electron chi connectivity index (χ3n) is 3.42. The van der Waals surface area contributed by atoms with E-state index in [1.165, 1.54) is 0 Å². The minimum Gasteiger partial charge on any atom is -0.282 e. The maximum Gasteiger partial charge on any atom is 0.223 e. The summed E-state index contributed by atoms with van der Waals surface area (Å²) in [4.78, 5) is 12.0. The lowest BCUT2D eigenvalue weighted by Gasteiger charge is -2.10. The van der Waals surface area contributed by atoms with Gasteiger partial charge in [0.1, 0.15) is 0 Å². The van der Waals surface area contributed by atoms with Crippen molar-refractivity contribution in [3.05, 3.63) is 84.4 Å². The summed E-state index contributed by atoms with van der Waals surface area (Å²) in [7, 11) is 0. The molecule has 2 heteroatoms. The van der Waals surface area contributed by atoms with Crippen LogP contribution in [0.15, 0.2) is 78.9 Å². The number of carbonyl (C=O) groups excluding carboxylic acids is 1. The maximum absolute atomic E-state index is 12.0. The van der Waals surface area contributed by atoms with Crippen molar-refractivity contribution in [2.75, 3.05) is 0 Å². The fourth-order valence-electron chi connectivity index (χ4n) is 2.39. The summed E-state index contributed by atoms with van der Waals surface area (Å²) in [5, 5.41) is 0. The molecule has 0 fully saturated rings. The molecule has 0 aliphatic heterocycles. The molecule has 0 aromatic heterocycles. The topological polar surface area (TPSA) is 17.1 Å². The zero-order valence-corrected chi connectivity index (χ0v) is 13.4. The van der Waals surface area contributed by atoms with Gasteiger partial charge < -0.3 is 0 Å². The first-order valence-electron chi connectivity index (χ1n) is 6.70.